The minimum atomic E-state index is 0.705. The minimum absolute atomic E-state index is 0.705. The van der Waals surface area contributed by atoms with Gasteiger partial charge in [-0.05, 0) is 60.5 Å². The van der Waals surface area contributed by atoms with Crippen LogP contribution in [-0.2, 0) is 0 Å². The Morgan fingerprint density at radius 1 is 1.05 bits per heavy atom. The fourth-order valence-electron chi connectivity index (χ4n) is 2.01. The van der Waals surface area contributed by atoms with Gasteiger partial charge in [-0.1, -0.05) is 25.5 Å². The molecule has 0 unspecified atom stereocenters. The molecule has 0 atom stereocenters. The highest BCUT2D eigenvalue weighted by Gasteiger charge is 2.08. The maximum Gasteiger partial charge on any atom is 0.00388 e. The Balaban J connectivity index is 0.000000344. The Morgan fingerprint density at radius 2 is 1.58 bits per heavy atom. The largest absolute Gasteiger partial charge is 0.304 e. The van der Waals surface area contributed by atoms with E-state index in [-0.39, 0.29) is 0 Å². The molecule has 0 fully saturated rings. The maximum absolute atomic E-state index is 2.53. The van der Waals surface area contributed by atoms with Crippen LogP contribution in [0.5, 0.6) is 0 Å². The lowest BCUT2D eigenvalue weighted by Gasteiger charge is -2.23. The van der Waals surface area contributed by atoms with E-state index in [9.17, 15) is 0 Å². The minimum Gasteiger partial charge on any atom is -0.304 e. The molecule has 0 spiro atoms. The van der Waals surface area contributed by atoms with Crippen LogP contribution in [0.2, 0.25) is 0 Å². The summed E-state index contributed by atoms with van der Waals surface area (Å²) < 4.78 is 0. The topological polar surface area (TPSA) is 6.48 Å². The second-order valence-electron chi connectivity index (χ2n) is 6.11. The van der Waals surface area contributed by atoms with Crippen molar-refractivity contribution in [3.63, 3.8) is 0 Å². The van der Waals surface area contributed by atoms with Gasteiger partial charge in [-0.15, -0.1) is 0 Å². The normalized spacial score (nSPS) is 16.7. The summed E-state index contributed by atoms with van der Waals surface area (Å²) in [7, 11) is 2.18. The molecule has 19 heavy (non-hydrogen) atoms. The van der Waals surface area contributed by atoms with Crippen LogP contribution in [0.15, 0.2) is 12.2 Å². The van der Waals surface area contributed by atoms with Crippen molar-refractivity contribution in [2.24, 2.45) is 0 Å². The summed E-state index contributed by atoms with van der Waals surface area (Å²) in [4.78, 5) is 4.91. The lowest BCUT2D eigenvalue weighted by Crippen LogP contribution is -2.31. The number of nitrogens with zero attached hydrogens (tertiary/aromatic N) is 2. The van der Waals surface area contributed by atoms with Crippen molar-refractivity contribution in [1.82, 2.24) is 9.80 Å². The zero-order chi connectivity index (χ0) is 14.7. The molecule has 1 aliphatic heterocycles. The zero-order valence-electron chi connectivity index (χ0n) is 14.2. The van der Waals surface area contributed by atoms with Crippen LogP contribution in [0.1, 0.15) is 60.3 Å². The summed E-state index contributed by atoms with van der Waals surface area (Å²) >= 11 is 0. The van der Waals surface area contributed by atoms with E-state index >= 15 is 0 Å². The van der Waals surface area contributed by atoms with E-state index in [1.54, 1.807) is 0 Å². The number of rotatable bonds is 5. The van der Waals surface area contributed by atoms with Crippen LogP contribution in [0.3, 0.4) is 0 Å². The van der Waals surface area contributed by atoms with E-state index in [4.69, 9.17) is 0 Å². The highest BCUT2D eigenvalue weighted by Crippen LogP contribution is 2.05. The monoisotopic (exact) mass is 268 g/mol. The molecule has 2 nitrogen and oxygen atoms in total. The molecule has 1 aliphatic rings. The van der Waals surface area contributed by atoms with Gasteiger partial charge in [0, 0.05) is 25.2 Å². The van der Waals surface area contributed by atoms with Crippen molar-refractivity contribution < 1.29 is 0 Å². The van der Waals surface area contributed by atoms with E-state index in [1.165, 1.54) is 45.3 Å². The molecule has 1 heterocycles. The van der Waals surface area contributed by atoms with Gasteiger partial charge in [-0.2, -0.15) is 0 Å². The second-order valence-corrected chi connectivity index (χ2v) is 6.11. The molecular formula is C17H36N2. The summed E-state index contributed by atoms with van der Waals surface area (Å²) in [5, 5.41) is 0. The van der Waals surface area contributed by atoms with Gasteiger partial charge in [0.25, 0.3) is 0 Å². The Labute approximate surface area is 121 Å². The summed E-state index contributed by atoms with van der Waals surface area (Å²) in [6.07, 6.45) is 9.69. The molecular weight excluding hydrogens is 232 g/mol. The van der Waals surface area contributed by atoms with Crippen molar-refractivity contribution in [3.8, 4) is 0 Å². The predicted molar refractivity (Wildman–Crippen MR) is 87.8 cm³/mol. The fourth-order valence-corrected chi connectivity index (χ4v) is 2.01. The van der Waals surface area contributed by atoms with Crippen LogP contribution in [0.25, 0.3) is 0 Å². The second kappa shape index (κ2) is 11.5. The standard InChI is InChI=1S/C9H17N.C8H19N/c1-9(2)10-7-5-3-4-6-8-10;1-5-6-7-9(4)8(2)3/h3-4,9H,5-8H2,1-2H3;8H,5-7H2,1-4H3. The number of hydrogen-bond acceptors (Lipinski definition) is 2. The van der Waals surface area contributed by atoms with Gasteiger partial charge in [0.05, 0.1) is 0 Å². The molecule has 0 saturated carbocycles. The molecule has 0 aromatic heterocycles. The first kappa shape index (κ1) is 18.7. The third kappa shape index (κ3) is 10.1. The molecule has 0 bridgehead atoms. The highest BCUT2D eigenvalue weighted by molar-refractivity contribution is 4.87. The Bertz CT molecular complexity index is 211. The first-order valence-corrected chi connectivity index (χ1v) is 8.08. The van der Waals surface area contributed by atoms with Crippen LogP contribution in [-0.4, -0.2) is 48.6 Å². The van der Waals surface area contributed by atoms with Gasteiger partial charge in [0.2, 0.25) is 0 Å². The summed E-state index contributed by atoms with van der Waals surface area (Å²) in [5.74, 6) is 0. The molecule has 114 valence electrons. The molecule has 0 aromatic carbocycles. The molecule has 0 aromatic rings. The molecule has 0 radical (unpaired) electrons. The van der Waals surface area contributed by atoms with Crippen molar-refractivity contribution in [1.29, 1.82) is 0 Å². The van der Waals surface area contributed by atoms with Gasteiger partial charge < -0.3 is 9.80 Å². The highest BCUT2D eigenvalue weighted by atomic mass is 15.1. The van der Waals surface area contributed by atoms with E-state index in [0.717, 1.165) is 6.04 Å². The Kier molecular flexibility index (Phi) is 11.3. The Hall–Kier alpha value is -0.340. The molecule has 0 saturated heterocycles. The smallest absolute Gasteiger partial charge is 0.00388 e. The van der Waals surface area contributed by atoms with E-state index in [0.29, 0.717) is 6.04 Å². The van der Waals surface area contributed by atoms with Crippen LogP contribution < -0.4 is 0 Å². The number of unbranched alkanes of at least 4 members (excludes halogenated alkanes) is 1. The first-order valence-electron chi connectivity index (χ1n) is 8.08. The predicted octanol–water partition coefficient (Wildman–Crippen LogP) is 4.17. The summed E-state index contributed by atoms with van der Waals surface area (Å²) in [6, 6.07) is 1.43. The van der Waals surface area contributed by atoms with Crippen molar-refractivity contribution in [3.05, 3.63) is 12.2 Å². The van der Waals surface area contributed by atoms with Gasteiger partial charge in [0.15, 0.2) is 0 Å². The average Bonchev–Trinajstić information content (AvgIpc) is 2.65. The van der Waals surface area contributed by atoms with E-state index in [1.807, 2.05) is 0 Å². The summed E-state index contributed by atoms with van der Waals surface area (Å²) in [6.45, 7) is 15.0. The average molecular weight is 268 g/mol. The van der Waals surface area contributed by atoms with Crippen LogP contribution in [0.4, 0.5) is 0 Å². The number of hydrogen-bond donors (Lipinski definition) is 0. The van der Waals surface area contributed by atoms with Crippen LogP contribution >= 0.6 is 0 Å². The van der Waals surface area contributed by atoms with E-state index in [2.05, 4.69) is 63.6 Å². The lowest BCUT2D eigenvalue weighted by atomic mass is 10.3. The maximum atomic E-state index is 2.53. The fraction of sp³-hybridized carbons (Fsp3) is 0.882. The van der Waals surface area contributed by atoms with Gasteiger partial charge in [0.1, 0.15) is 0 Å². The third-order valence-electron chi connectivity index (χ3n) is 3.81. The third-order valence-corrected chi connectivity index (χ3v) is 3.81. The van der Waals surface area contributed by atoms with Gasteiger partial charge in [-0.3, -0.25) is 0 Å². The Morgan fingerprint density at radius 3 is 1.95 bits per heavy atom. The first-order chi connectivity index (χ1) is 8.99. The van der Waals surface area contributed by atoms with Crippen molar-refractivity contribution >= 4 is 0 Å². The molecule has 0 N–H and O–H groups in total. The molecule has 0 amide bonds. The van der Waals surface area contributed by atoms with E-state index < -0.39 is 0 Å². The quantitative estimate of drug-likeness (QED) is 0.690. The molecule has 2 heteroatoms. The van der Waals surface area contributed by atoms with Crippen molar-refractivity contribution in [2.45, 2.75) is 72.4 Å². The van der Waals surface area contributed by atoms with Gasteiger partial charge >= 0.3 is 0 Å². The van der Waals surface area contributed by atoms with Gasteiger partial charge in [-0.25, -0.2) is 0 Å². The summed E-state index contributed by atoms with van der Waals surface area (Å²) in [5.41, 5.74) is 0. The van der Waals surface area contributed by atoms with Crippen molar-refractivity contribution in [2.75, 3.05) is 26.7 Å². The molecule has 1 rings (SSSR count). The zero-order valence-corrected chi connectivity index (χ0v) is 14.2. The SMILES string of the molecule is CC(C)N1CCC=CCC1.CCCCN(C)C(C)C. The lowest BCUT2D eigenvalue weighted by molar-refractivity contribution is 0.234. The molecule has 0 aliphatic carbocycles. The van der Waals surface area contributed by atoms with Crippen LogP contribution in [0, 0.1) is 0 Å².